The second-order valence-electron chi connectivity index (χ2n) is 5.46. The van der Waals surface area contributed by atoms with Crippen molar-refractivity contribution in [1.82, 2.24) is 9.61 Å². The first-order chi connectivity index (χ1) is 11.2. The standard InChI is InChI=1S/C19H14N2O2/c1-13-7-9-14(10-8-13)16-11-19-21(20-16)18(22)12-17(23-19)15-5-3-2-4-6-15/h2-12H,1H3. The summed E-state index contributed by atoms with van der Waals surface area (Å²) >= 11 is 0. The zero-order chi connectivity index (χ0) is 15.8. The van der Waals surface area contributed by atoms with E-state index in [2.05, 4.69) is 5.10 Å². The second-order valence-corrected chi connectivity index (χ2v) is 5.46. The highest BCUT2D eigenvalue weighted by Crippen LogP contribution is 2.23. The maximum absolute atomic E-state index is 12.3. The van der Waals surface area contributed by atoms with Crippen LogP contribution < -0.4 is 5.56 Å². The molecule has 0 saturated heterocycles. The van der Waals surface area contributed by atoms with Gasteiger partial charge in [-0.25, -0.2) is 0 Å². The molecule has 0 radical (unpaired) electrons. The highest BCUT2D eigenvalue weighted by atomic mass is 16.3. The van der Waals surface area contributed by atoms with Gasteiger partial charge in [0.1, 0.15) is 5.76 Å². The topological polar surface area (TPSA) is 47.5 Å². The largest absolute Gasteiger partial charge is 0.438 e. The van der Waals surface area contributed by atoms with Gasteiger partial charge in [-0.3, -0.25) is 4.79 Å². The summed E-state index contributed by atoms with van der Waals surface area (Å²) in [6.07, 6.45) is 0. The molecule has 0 aliphatic carbocycles. The number of nitrogens with zero attached hydrogens (tertiary/aromatic N) is 2. The highest BCUT2D eigenvalue weighted by Gasteiger charge is 2.11. The van der Waals surface area contributed by atoms with E-state index >= 15 is 0 Å². The number of hydrogen-bond acceptors (Lipinski definition) is 3. The lowest BCUT2D eigenvalue weighted by atomic mass is 10.1. The van der Waals surface area contributed by atoms with Gasteiger partial charge >= 0.3 is 0 Å². The lowest BCUT2D eigenvalue weighted by Gasteiger charge is -2.00. The summed E-state index contributed by atoms with van der Waals surface area (Å²) < 4.78 is 7.15. The third-order valence-electron chi connectivity index (χ3n) is 3.76. The van der Waals surface area contributed by atoms with Crippen LogP contribution in [-0.4, -0.2) is 9.61 Å². The lowest BCUT2D eigenvalue weighted by molar-refractivity contribution is 0.577. The minimum atomic E-state index is -0.205. The Morgan fingerprint density at radius 1 is 0.913 bits per heavy atom. The molecule has 0 saturated carbocycles. The Morgan fingerprint density at radius 3 is 2.39 bits per heavy atom. The van der Waals surface area contributed by atoms with Gasteiger partial charge in [-0.15, -0.1) is 0 Å². The van der Waals surface area contributed by atoms with Gasteiger partial charge in [-0.05, 0) is 6.92 Å². The zero-order valence-corrected chi connectivity index (χ0v) is 12.6. The Balaban J connectivity index is 1.87. The van der Waals surface area contributed by atoms with E-state index in [1.807, 2.05) is 61.5 Å². The predicted molar refractivity (Wildman–Crippen MR) is 89.3 cm³/mol. The molecule has 0 amide bonds. The van der Waals surface area contributed by atoms with Gasteiger partial charge in [0.25, 0.3) is 5.56 Å². The van der Waals surface area contributed by atoms with Gasteiger partial charge in [0.15, 0.2) is 0 Å². The van der Waals surface area contributed by atoms with Gasteiger partial charge < -0.3 is 4.42 Å². The van der Waals surface area contributed by atoms with Crippen molar-refractivity contribution in [1.29, 1.82) is 0 Å². The first-order valence-electron chi connectivity index (χ1n) is 7.37. The molecule has 2 heterocycles. The zero-order valence-electron chi connectivity index (χ0n) is 12.6. The average Bonchev–Trinajstić information content (AvgIpc) is 3.01. The van der Waals surface area contributed by atoms with Gasteiger partial charge in [-0.2, -0.15) is 9.61 Å². The SMILES string of the molecule is Cc1ccc(-c2cc3oc(-c4ccccc4)cc(=O)n3n2)cc1. The van der Waals surface area contributed by atoms with E-state index in [1.165, 1.54) is 16.1 Å². The molecule has 0 aliphatic rings. The molecule has 0 bridgehead atoms. The maximum atomic E-state index is 12.3. The van der Waals surface area contributed by atoms with Gasteiger partial charge in [0.2, 0.25) is 5.71 Å². The Kier molecular flexibility index (Phi) is 3.08. The molecule has 0 N–H and O–H groups in total. The van der Waals surface area contributed by atoms with Crippen LogP contribution in [0.25, 0.3) is 28.3 Å². The normalized spacial score (nSPS) is 11.0. The van der Waals surface area contributed by atoms with E-state index in [4.69, 9.17) is 4.42 Å². The molecule has 0 fully saturated rings. The van der Waals surface area contributed by atoms with Crippen LogP contribution in [0.15, 0.2) is 75.9 Å². The third-order valence-corrected chi connectivity index (χ3v) is 3.76. The van der Waals surface area contributed by atoms with Crippen molar-refractivity contribution in [3.05, 3.63) is 82.6 Å². The fourth-order valence-corrected chi connectivity index (χ4v) is 2.52. The number of fused-ring (bicyclic) bond motifs is 1. The fraction of sp³-hybridized carbons (Fsp3) is 0.0526. The highest BCUT2D eigenvalue weighted by molar-refractivity contribution is 5.65. The molecule has 23 heavy (non-hydrogen) atoms. The van der Waals surface area contributed by atoms with Crippen molar-refractivity contribution < 1.29 is 4.42 Å². The molecule has 2 aromatic carbocycles. The summed E-state index contributed by atoms with van der Waals surface area (Å²) in [5.74, 6) is 0.540. The van der Waals surface area contributed by atoms with E-state index < -0.39 is 0 Å². The second kappa shape index (κ2) is 5.25. The summed E-state index contributed by atoms with van der Waals surface area (Å²) in [5, 5.41) is 4.36. The number of rotatable bonds is 2. The van der Waals surface area contributed by atoms with Crippen LogP contribution in [0, 0.1) is 6.92 Å². The molecule has 112 valence electrons. The van der Waals surface area contributed by atoms with Crippen molar-refractivity contribution in [2.45, 2.75) is 6.92 Å². The molecule has 0 atom stereocenters. The van der Waals surface area contributed by atoms with Crippen molar-refractivity contribution in [2.75, 3.05) is 0 Å². The van der Waals surface area contributed by atoms with Crippen molar-refractivity contribution in [2.24, 2.45) is 0 Å². The number of aromatic nitrogens is 2. The molecule has 0 unspecified atom stereocenters. The molecular formula is C19H14N2O2. The molecule has 4 aromatic rings. The van der Waals surface area contributed by atoms with Crippen LogP contribution in [0.2, 0.25) is 0 Å². The maximum Gasteiger partial charge on any atom is 0.277 e. The number of aryl methyl sites for hydroxylation is 1. The minimum absolute atomic E-state index is 0.205. The van der Waals surface area contributed by atoms with Crippen LogP contribution in [0.4, 0.5) is 0 Å². The average molecular weight is 302 g/mol. The van der Waals surface area contributed by atoms with Crippen molar-refractivity contribution in [3.8, 4) is 22.6 Å². The molecule has 2 aromatic heterocycles. The Morgan fingerprint density at radius 2 is 1.65 bits per heavy atom. The van der Waals surface area contributed by atoms with Crippen molar-refractivity contribution >= 4 is 5.71 Å². The van der Waals surface area contributed by atoms with Gasteiger partial charge in [-0.1, -0.05) is 60.2 Å². The van der Waals surface area contributed by atoms with Gasteiger partial charge in [0.05, 0.1) is 5.69 Å². The van der Waals surface area contributed by atoms with E-state index in [0.29, 0.717) is 11.5 Å². The Hall–Kier alpha value is -3.14. The molecule has 0 spiro atoms. The molecule has 4 rings (SSSR count). The number of benzene rings is 2. The summed E-state index contributed by atoms with van der Waals surface area (Å²) in [5.41, 5.74) is 3.95. The smallest absolute Gasteiger partial charge is 0.277 e. The van der Waals surface area contributed by atoms with Crippen LogP contribution in [0.5, 0.6) is 0 Å². The van der Waals surface area contributed by atoms with E-state index in [9.17, 15) is 4.79 Å². The summed E-state index contributed by atoms with van der Waals surface area (Å²) in [7, 11) is 0. The van der Waals surface area contributed by atoms with Crippen LogP contribution in [0.3, 0.4) is 0 Å². The van der Waals surface area contributed by atoms with Gasteiger partial charge in [0, 0.05) is 23.3 Å². The summed E-state index contributed by atoms with van der Waals surface area (Å²) in [4.78, 5) is 12.3. The molecule has 4 heteroatoms. The van der Waals surface area contributed by atoms with Crippen molar-refractivity contribution in [3.63, 3.8) is 0 Å². The molecular weight excluding hydrogens is 288 g/mol. The first kappa shape index (κ1) is 13.5. The van der Waals surface area contributed by atoms with Crippen LogP contribution in [-0.2, 0) is 0 Å². The first-order valence-corrected chi connectivity index (χ1v) is 7.37. The molecule has 0 aliphatic heterocycles. The monoisotopic (exact) mass is 302 g/mol. The third kappa shape index (κ3) is 2.44. The fourth-order valence-electron chi connectivity index (χ4n) is 2.52. The van der Waals surface area contributed by atoms with Crippen LogP contribution >= 0.6 is 0 Å². The minimum Gasteiger partial charge on any atom is -0.438 e. The van der Waals surface area contributed by atoms with E-state index in [-0.39, 0.29) is 5.56 Å². The summed E-state index contributed by atoms with van der Waals surface area (Å²) in [6, 6.07) is 20.8. The Labute approximate surface area is 132 Å². The Bertz CT molecular complexity index is 1030. The number of hydrogen-bond donors (Lipinski definition) is 0. The predicted octanol–water partition coefficient (Wildman–Crippen LogP) is 3.93. The van der Waals surface area contributed by atoms with E-state index in [0.717, 1.165) is 16.8 Å². The van der Waals surface area contributed by atoms with E-state index in [1.54, 1.807) is 6.07 Å². The quantitative estimate of drug-likeness (QED) is 0.563. The van der Waals surface area contributed by atoms with Crippen LogP contribution in [0.1, 0.15) is 5.56 Å². The lowest BCUT2D eigenvalue weighted by Crippen LogP contribution is -2.12. The molecule has 4 nitrogen and oxygen atoms in total. The summed E-state index contributed by atoms with van der Waals surface area (Å²) in [6.45, 7) is 2.03.